The van der Waals surface area contributed by atoms with Crippen LogP contribution in [0.2, 0.25) is 0 Å². The molecule has 26 heavy (non-hydrogen) atoms. The van der Waals surface area contributed by atoms with Crippen LogP contribution in [0.5, 0.6) is 0 Å². The Bertz CT molecular complexity index is 1090. The lowest BCUT2D eigenvalue weighted by atomic mass is 10.2. The van der Waals surface area contributed by atoms with Crippen LogP contribution in [0.15, 0.2) is 48.7 Å². The molecule has 130 valence electrons. The average molecular weight is 367 g/mol. The number of fused-ring (bicyclic) bond motifs is 1. The van der Waals surface area contributed by atoms with E-state index in [9.17, 15) is 9.18 Å². The number of halogens is 1. The van der Waals surface area contributed by atoms with Crippen molar-refractivity contribution in [3.63, 3.8) is 0 Å². The molecule has 0 saturated carbocycles. The molecule has 1 aromatic carbocycles. The van der Waals surface area contributed by atoms with Crippen LogP contribution < -0.4 is 5.32 Å². The van der Waals surface area contributed by atoms with Crippen LogP contribution in [0, 0.1) is 12.7 Å². The smallest absolute Gasteiger partial charge is 0.263 e. The zero-order valence-corrected chi connectivity index (χ0v) is 14.6. The van der Waals surface area contributed by atoms with Crippen molar-refractivity contribution in [2.45, 2.75) is 13.5 Å². The van der Waals surface area contributed by atoms with E-state index in [0.29, 0.717) is 21.4 Å². The fourth-order valence-corrected chi connectivity index (χ4v) is 3.56. The average Bonchev–Trinajstić information content (AvgIpc) is 3.24. The molecular weight excluding hydrogens is 353 g/mol. The number of carbonyl (C=O) groups excluding carboxylic acids is 1. The van der Waals surface area contributed by atoms with Gasteiger partial charge in [0.25, 0.3) is 5.91 Å². The van der Waals surface area contributed by atoms with Gasteiger partial charge in [-0.2, -0.15) is 0 Å². The highest BCUT2D eigenvalue weighted by Crippen LogP contribution is 2.28. The molecule has 0 fully saturated rings. The zero-order valence-electron chi connectivity index (χ0n) is 13.8. The minimum absolute atomic E-state index is 0.221. The van der Waals surface area contributed by atoms with Gasteiger partial charge in [-0.15, -0.1) is 21.5 Å². The predicted molar refractivity (Wildman–Crippen MR) is 96.4 cm³/mol. The van der Waals surface area contributed by atoms with E-state index in [1.165, 1.54) is 23.5 Å². The Balaban J connectivity index is 1.52. The Morgan fingerprint density at radius 3 is 2.81 bits per heavy atom. The first-order valence-corrected chi connectivity index (χ1v) is 8.73. The molecule has 4 aromatic rings. The van der Waals surface area contributed by atoms with E-state index >= 15 is 0 Å². The summed E-state index contributed by atoms with van der Waals surface area (Å²) in [5.74, 6) is 0.122. The molecule has 0 aliphatic rings. The minimum atomic E-state index is -0.305. The first kappa shape index (κ1) is 16.3. The fraction of sp³-hybridized carbons (Fsp3) is 0.111. The number of nitrogens with zero attached hydrogens (tertiary/aromatic N) is 4. The van der Waals surface area contributed by atoms with Crippen molar-refractivity contribution >= 4 is 22.9 Å². The van der Waals surface area contributed by atoms with Gasteiger partial charge in [-0.05, 0) is 43.3 Å². The number of hydrogen-bond acceptors (Lipinski definition) is 5. The number of pyridine rings is 1. The third kappa shape index (κ3) is 3.06. The summed E-state index contributed by atoms with van der Waals surface area (Å²) >= 11 is 1.28. The molecule has 0 aliphatic carbocycles. The van der Waals surface area contributed by atoms with E-state index in [2.05, 4.69) is 20.5 Å². The number of aromatic nitrogens is 4. The van der Waals surface area contributed by atoms with Gasteiger partial charge < -0.3 is 5.32 Å². The lowest BCUT2D eigenvalue weighted by Gasteiger charge is -2.02. The Kier molecular flexibility index (Phi) is 4.18. The summed E-state index contributed by atoms with van der Waals surface area (Å²) in [6.07, 6.45) is 1.85. The maximum absolute atomic E-state index is 13.1. The Morgan fingerprint density at radius 1 is 1.19 bits per heavy atom. The first-order valence-electron chi connectivity index (χ1n) is 7.92. The monoisotopic (exact) mass is 367 g/mol. The van der Waals surface area contributed by atoms with Crippen molar-refractivity contribution in [3.8, 4) is 10.6 Å². The standard InChI is InChI=1S/C18H14FN5OS/c1-11-16(26-18(21-11)12-5-7-13(19)8-6-12)17(25)20-10-15-23-22-14-4-2-3-9-24(14)15/h2-9H,10H2,1H3,(H,20,25). The molecule has 0 saturated heterocycles. The van der Waals surface area contributed by atoms with Crippen LogP contribution in [0.1, 0.15) is 21.2 Å². The number of carbonyl (C=O) groups is 1. The number of hydrogen-bond donors (Lipinski definition) is 1. The van der Waals surface area contributed by atoms with Crippen molar-refractivity contribution in [2.24, 2.45) is 0 Å². The second-order valence-electron chi connectivity index (χ2n) is 5.67. The maximum atomic E-state index is 13.1. The second-order valence-corrected chi connectivity index (χ2v) is 6.67. The molecular formula is C18H14FN5OS. The van der Waals surface area contributed by atoms with Crippen molar-refractivity contribution < 1.29 is 9.18 Å². The molecule has 0 unspecified atom stereocenters. The number of thiazole rings is 1. The number of rotatable bonds is 4. The van der Waals surface area contributed by atoms with Crippen LogP contribution in [0.4, 0.5) is 4.39 Å². The third-order valence-corrected chi connectivity index (χ3v) is 5.09. The molecule has 1 amide bonds. The number of amides is 1. The van der Waals surface area contributed by atoms with E-state index in [0.717, 1.165) is 11.2 Å². The molecule has 6 nitrogen and oxygen atoms in total. The summed E-state index contributed by atoms with van der Waals surface area (Å²) < 4.78 is 14.9. The van der Waals surface area contributed by atoms with Crippen molar-refractivity contribution in [1.29, 1.82) is 0 Å². The predicted octanol–water partition coefficient (Wildman–Crippen LogP) is 3.23. The SMILES string of the molecule is Cc1nc(-c2ccc(F)cc2)sc1C(=O)NCc1nnc2ccccn12. The minimum Gasteiger partial charge on any atom is -0.344 e. The normalized spacial score (nSPS) is 11.0. The number of aryl methyl sites for hydroxylation is 1. The molecule has 4 rings (SSSR count). The van der Waals surface area contributed by atoms with Gasteiger partial charge in [0.05, 0.1) is 12.2 Å². The van der Waals surface area contributed by atoms with Gasteiger partial charge in [0, 0.05) is 11.8 Å². The summed E-state index contributed by atoms with van der Waals surface area (Å²) in [5.41, 5.74) is 2.14. The van der Waals surface area contributed by atoms with E-state index in [1.54, 1.807) is 19.1 Å². The molecule has 0 radical (unpaired) electrons. The molecule has 1 N–H and O–H groups in total. The van der Waals surface area contributed by atoms with Gasteiger partial charge in [0.15, 0.2) is 11.5 Å². The van der Waals surface area contributed by atoms with Gasteiger partial charge >= 0.3 is 0 Å². The molecule has 3 heterocycles. The van der Waals surface area contributed by atoms with E-state index in [-0.39, 0.29) is 18.3 Å². The molecule has 0 atom stereocenters. The molecule has 8 heteroatoms. The third-order valence-electron chi connectivity index (χ3n) is 3.89. The van der Waals surface area contributed by atoms with E-state index in [1.807, 2.05) is 28.8 Å². The van der Waals surface area contributed by atoms with Gasteiger partial charge in [0.1, 0.15) is 15.7 Å². The lowest BCUT2D eigenvalue weighted by molar-refractivity contribution is 0.0953. The molecule has 0 bridgehead atoms. The Hall–Kier alpha value is -3.13. The highest BCUT2D eigenvalue weighted by molar-refractivity contribution is 7.17. The van der Waals surface area contributed by atoms with E-state index < -0.39 is 0 Å². The largest absolute Gasteiger partial charge is 0.344 e. The van der Waals surface area contributed by atoms with Crippen molar-refractivity contribution in [1.82, 2.24) is 24.9 Å². The molecule has 0 spiro atoms. The van der Waals surface area contributed by atoms with Crippen LogP contribution in [-0.2, 0) is 6.54 Å². The lowest BCUT2D eigenvalue weighted by Crippen LogP contribution is -2.23. The maximum Gasteiger partial charge on any atom is 0.263 e. The Labute approximate surface area is 152 Å². The van der Waals surface area contributed by atoms with Crippen LogP contribution in [-0.4, -0.2) is 25.5 Å². The summed E-state index contributed by atoms with van der Waals surface area (Å²) in [5, 5.41) is 11.7. The van der Waals surface area contributed by atoms with Crippen molar-refractivity contribution in [2.75, 3.05) is 0 Å². The quantitative estimate of drug-likeness (QED) is 0.601. The highest BCUT2D eigenvalue weighted by Gasteiger charge is 2.17. The van der Waals surface area contributed by atoms with Crippen molar-refractivity contribution in [3.05, 3.63) is 70.9 Å². The Morgan fingerprint density at radius 2 is 2.00 bits per heavy atom. The topological polar surface area (TPSA) is 72.2 Å². The molecule has 3 aromatic heterocycles. The number of nitrogens with one attached hydrogen (secondary N) is 1. The summed E-state index contributed by atoms with van der Waals surface area (Å²) in [7, 11) is 0. The second kappa shape index (κ2) is 6.64. The number of benzene rings is 1. The summed E-state index contributed by atoms with van der Waals surface area (Å²) in [6, 6.07) is 11.7. The molecule has 0 aliphatic heterocycles. The van der Waals surface area contributed by atoms with Crippen LogP contribution in [0.25, 0.3) is 16.2 Å². The summed E-state index contributed by atoms with van der Waals surface area (Å²) in [6.45, 7) is 2.04. The summed E-state index contributed by atoms with van der Waals surface area (Å²) in [4.78, 5) is 17.5. The highest BCUT2D eigenvalue weighted by atomic mass is 32.1. The first-order chi connectivity index (χ1) is 12.6. The van der Waals surface area contributed by atoms with Crippen LogP contribution >= 0.6 is 11.3 Å². The van der Waals surface area contributed by atoms with Gasteiger partial charge in [-0.25, -0.2) is 9.37 Å². The van der Waals surface area contributed by atoms with Crippen LogP contribution in [0.3, 0.4) is 0 Å². The van der Waals surface area contributed by atoms with E-state index in [4.69, 9.17) is 0 Å². The fourth-order valence-electron chi connectivity index (χ4n) is 2.57. The van der Waals surface area contributed by atoms with Gasteiger partial charge in [-0.3, -0.25) is 9.20 Å². The zero-order chi connectivity index (χ0) is 18.1. The van der Waals surface area contributed by atoms with Gasteiger partial charge in [-0.1, -0.05) is 6.07 Å². The van der Waals surface area contributed by atoms with Gasteiger partial charge in [0.2, 0.25) is 0 Å².